The minimum Gasteiger partial charge on any atom is -0.369 e. The van der Waals surface area contributed by atoms with Gasteiger partial charge in [0.25, 0.3) is 5.91 Å². The molecule has 4 rings (SSSR count). The van der Waals surface area contributed by atoms with Crippen LogP contribution in [-0.4, -0.2) is 42.1 Å². The molecule has 0 unspecified atom stereocenters. The van der Waals surface area contributed by atoms with Crippen LogP contribution in [0.1, 0.15) is 39.9 Å². The van der Waals surface area contributed by atoms with Gasteiger partial charge in [-0.05, 0) is 30.2 Å². The molecule has 2 heterocycles. The third kappa shape index (κ3) is 4.97. The van der Waals surface area contributed by atoms with Crippen LogP contribution in [0.4, 0.5) is 5.69 Å². The van der Waals surface area contributed by atoms with Gasteiger partial charge in [0.15, 0.2) is 0 Å². The number of benzene rings is 2. The molecule has 1 saturated heterocycles. The lowest BCUT2D eigenvalue weighted by Crippen LogP contribution is -2.46. The van der Waals surface area contributed by atoms with Crippen molar-refractivity contribution in [3.63, 3.8) is 0 Å². The number of aromatic nitrogens is 1. The van der Waals surface area contributed by atoms with E-state index in [9.17, 15) is 4.79 Å². The van der Waals surface area contributed by atoms with Gasteiger partial charge in [-0.15, -0.1) is 0 Å². The van der Waals surface area contributed by atoms with E-state index in [-0.39, 0.29) is 5.91 Å². The maximum absolute atomic E-state index is 12.7. The Morgan fingerprint density at radius 1 is 1.00 bits per heavy atom. The maximum Gasteiger partial charge on any atom is 0.257 e. The molecule has 1 aromatic heterocycles. The molecule has 1 fully saturated rings. The first-order valence-electron chi connectivity index (χ1n) is 11.0. The Labute approximate surface area is 183 Å². The van der Waals surface area contributed by atoms with E-state index >= 15 is 0 Å². The van der Waals surface area contributed by atoms with Crippen LogP contribution >= 0.6 is 0 Å². The molecule has 162 valence electrons. The zero-order chi connectivity index (χ0) is 21.6. The lowest BCUT2D eigenvalue weighted by Gasteiger charge is -2.36. The third-order valence-electron chi connectivity index (χ3n) is 5.93. The van der Waals surface area contributed by atoms with Crippen molar-refractivity contribution in [2.75, 3.05) is 31.1 Å². The highest BCUT2D eigenvalue weighted by Crippen LogP contribution is 2.19. The molecule has 6 heteroatoms. The van der Waals surface area contributed by atoms with Crippen molar-refractivity contribution in [1.82, 2.24) is 15.4 Å². The number of anilines is 1. The van der Waals surface area contributed by atoms with Gasteiger partial charge < -0.3 is 14.7 Å². The fraction of sp³-hybridized carbons (Fsp3) is 0.360. The molecule has 0 radical (unpaired) electrons. The fourth-order valence-electron chi connectivity index (χ4n) is 4.14. The second-order valence-electron chi connectivity index (χ2n) is 7.97. The van der Waals surface area contributed by atoms with Crippen LogP contribution in [-0.2, 0) is 19.5 Å². The molecule has 0 saturated carbocycles. The first kappa shape index (κ1) is 21.1. The Balaban J connectivity index is 1.36. The van der Waals surface area contributed by atoms with Crippen molar-refractivity contribution in [3.8, 4) is 0 Å². The van der Waals surface area contributed by atoms with Gasteiger partial charge in [-0.25, -0.2) is 0 Å². The summed E-state index contributed by atoms with van der Waals surface area (Å²) in [5, 5.41) is 7.00. The second-order valence-corrected chi connectivity index (χ2v) is 7.97. The minimum atomic E-state index is -0.123. The number of hydrogen-bond acceptors (Lipinski definition) is 5. The Kier molecular flexibility index (Phi) is 6.67. The second kappa shape index (κ2) is 9.79. The van der Waals surface area contributed by atoms with Crippen LogP contribution in [0.2, 0.25) is 0 Å². The summed E-state index contributed by atoms with van der Waals surface area (Å²) in [6, 6.07) is 18.9. The molecule has 0 atom stereocenters. The first-order valence-corrected chi connectivity index (χ1v) is 11.0. The molecule has 0 aliphatic carbocycles. The number of carbonyl (C=O) groups is 1. The molecule has 31 heavy (non-hydrogen) atoms. The Hall–Kier alpha value is -3.12. The van der Waals surface area contributed by atoms with Crippen molar-refractivity contribution < 1.29 is 9.32 Å². The molecule has 1 aliphatic rings. The molecule has 2 aromatic carbocycles. The van der Waals surface area contributed by atoms with Crippen molar-refractivity contribution in [2.45, 2.75) is 33.4 Å². The van der Waals surface area contributed by atoms with E-state index in [1.54, 1.807) is 6.92 Å². The van der Waals surface area contributed by atoms with Gasteiger partial charge in [-0.3, -0.25) is 9.69 Å². The predicted octanol–water partition coefficient (Wildman–Crippen LogP) is 3.80. The van der Waals surface area contributed by atoms with Crippen LogP contribution in [0.15, 0.2) is 59.1 Å². The number of nitrogens with zero attached hydrogens (tertiary/aromatic N) is 3. The summed E-state index contributed by atoms with van der Waals surface area (Å²) < 4.78 is 5.26. The number of piperazine rings is 1. The summed E-state index contributed by atoms with van der Waals surface area (Å²) in [5.41, 5.74) is 4.90. The molecule has 3 aromatic rings. The summed E-state index contributed by atoms with van der Waals surface area (Å²) in [6.45, 7) is 9.24. The summed E-state index contributed by atoms with van der Waals surface area (Å²) in [7, 11) is 0. The van der Waals surface area contributed by atoms with Gasteiger partial charge in [-0.1, -0.05) is 54.5 Å². The summed E-state index contributed by atoms with van der Waals surface area (Å²) in [6.07, 6.45) is 0.648. The molecule has 1 N–H and O–H groups in total. The van der Waals surface area contributed by atoms with Crippen molar-refractivity contribution in [1.29, 1.82) is 0 Å². The van der Waals surface area contributed by atoms with Crippen LogP contribution in [0, 0.1) is 6.92 Å². The summed E-state index contributed by atoms with van der Waals surface area (Å²) in [4.78, 5) is 17.7. The average Bonchev–Trinajstić information content (AvgIpc) is 3.20. The minimum absolute atomic E-state index is 0.123. The standard InChI is InChI=1S/C25H30N4O2/c1-3-23-24(19(2)27-31-23)25(30)26-17-20-9-7-8-10-21(20)18-28-13-15-29(16-14-28)22-11-5-4-6-12-22/h4-12H,3,13-18H2,1-2H3,(H,26,30). The number of carbonyl (C=O) groups excluding carboxylic acids is 1. The lowest BCUT2D eigenvalue weighted by molar-refractivity contribution is 0.0948. The van der Waals surface area contributed by atoms with Crippen LogP contribution in [0.25, 0.3) is 0 Å². The van der Waals surface area contributed by atoms with E-state index in [4.69, 9.17) is 4.52 Å². The van der Waals surface area contributed by atoms with Gasteiger partial charge in [-0.2, -0.15) is 0 Å². The van der Waals surface area contributed by atoms with Gasteiger partial charge in [0.05, 0.1) is 5.69 Å². The van der Waals surface area contributed by atoms with Gasteiger partial charge in [0, 0.05) is 51.4 Å². The molecular formula is C25H30N4O2. The van der Waals surface area contributed by atoms with Crippen LogP contribution in [0.3, 0.4) is 0 Å². The highest BCUT2D eigenvalue weighted by Gasteiger charge is 2.20. The highest BCUT2D eigenvalue weighted by molar-refractivity contribution is 5.96. The topological polar surface area (TPSA) is 61.6 Å². The average molecular weight is 419 g/mol. The largest absolute Gasteiger partial charge is 0.369 e. The smallest absolute Gasteiger partial charge is 0.257 e. The van der Waals surface area contributed by atoms with Gasteiger partial charge in [0.2, 0.25) is 0 Å². The number of aryl methyl sites for hydroxylation is 2. The third-order valence-corrected chi connectivity index (χ3v) is 5.93. The maximum atomic E-state index is 12.7. The number of para-hydroxylation sites is 1. The Morgan fingerprint density at radius 2 is 1.68 bits per heavy atom. The monoisotopic (exact) mass is 418 g/mol. The number of nitrogens with one attached hydrogen (secondary N) is 1. The fourth-order valence-corrected chi connectivity index (χ4v) is 4.14. The van der Waals surface area contributed by atoms with E-state index in [1.165, 1.54) is 11.3 Å². The molecular weight excluding hydrogens is 388 g/mol. The lowest BCUT2D eigenvalue weighted by atomic mass is 10.1. The van der Waals surface area contributed by atoms with Crippen molar-refractivity contribution in [3.05, 3.63) is 82.7 Å². The van der Waals surface area contributed by atoms with E-state index in [1.807, 2.05) is 13.0 Å². The van der Waals surface area contributed by atoms with Crippen LogP contribution < -0.4 is 10.2 Å². The van der Waals surface area contributed by atoms with Crippen molar-refractivity contribution in [2.24, 2.45) is 0 Å². The molecule has 0 bridgehead atoms. The normalized spacial score (nSPS) is 14.6. The molecule has 1 amide bonds. The van der Waals surface area contributed by atoms with Crippen molar-refractivity contribution >= 4 is 11.6 Å². The zero-order valence-corrected chi connectivity index (χ0v) is 18.3. The predicted molar refractivity (Wildman–Crippen MR) is 122 cm³/mol. The quantitative estimate of drug-likeness (QED) is 0.632. The molecule has 6 nitrogen and oxygen atoms in total. The van der Waals surface area contributed by atoms with E-state index in [0.717, 1.165) is 38.3 Å². The Bertz CT molecular complexity index is 1010. The SMILES string of the molecule is CCc1onc(C)c1C(=O)NCc1ccccc1CN1CCN(c2ccccc2)CC1. The van der Waals surface area contributed by atoms with Gasteiger partial charge in [0.1, 0.15) is 11.3 Å². The highest BCUT2D eigenvalue weighted by atomic mass is 16.5. The van der Waals surface area contributed by atoms with E-state index in [0.29, 0.717) is 30.0 Å². The van der Waals surface area contributed by atoms with Gasteiger partial charge >= 0.3 is 0 Å². The summed E-state index contributed by atoms with van der Waals surface area (Å²) in [5.74, 6) is 0.515. The molecule has 1 aliphatic heterocycles. The van der Waals surface area contributed by atoms with Crippen LogP contribution in [0.5, 0.6) is 0 Å². The number of amides is 1. The Morgan fingerprint density at radius 3 is 2.39 bits per heavy atom. The molecule has 0 spiro atoms. The first-order chi connectivity index (χ1) is 15.2. The number of rotatable bonds is 7. The van der Waals surface area contributed by atoms with E-state index in [2.05, 4.69) is 68.8 Å². The zero-order valence-electron chi connectivity index (χ0n) is 18.3. The summed E-state index contributed by atoms with van der Waals surface area (Å²) >= 11 is 0. The van der Waals surface area contributed by atoms with E-state index < -0.39 is 0 Å². The number of hydrogen-bond donors (Lipinski definition) is 1.